The van der Waals surface area contributed by atoms with Gasteiger partial charge in [-0.3, -0.25) is 9.59 Å². The number of nitrogens with zero attached hydrogens (tertiary/aromatic N) is 1. The average Bonchev–Trinajstić information content (AvgIpc) is 2.54. The highest BCUT2D eigenvalue weighted by Gasteiger charge is 2.28. The van der Waals surface area contributed by atoms with Gasteiger partial charge in [-0.05, 0) is 24.5 Å². The average molecular weight is 339 g/mol. The van der Waals surface area contributed by atoms with E-state index in [0.717, 1.165) is 0 Å². The molecule has 0 aromatic heterocycles. The van der Waals surface area contributed by atoms with Crippen molar-refractivity contribution in [3.8, 4) is 0 Å². The molecule has 1 aliphatic rings. The smallest absolute Gasteiger partial charge is 0.253 e. The Labute approximate surface area is 141 Å². The molecule has 0 unspecified atom stereocenters. The molecule has 5 nitrogen and oxygen atoms in total. The predicted molar refractivity (Wildman–Crippen MR) is 89.6 cm³/mol. The third-order valence-corrected chi connectivity index (χ3v) is 4.08. The molecule has 1 fully saturated rings. The largest absolute Gasteiger partial charge is 0.378 e. The molecule has 1 aliphatic heterocycles. The summed E-state index contributed by atoms with van der Waals surface area (Å²) in [7, 11) is 0. The molecular formula is C17H23ClN2O3. The lowest BCUT2D eigenvalue weighted by Crippen LogP contribution is -2.52. The third-order valence-electron chi connectivity index (χ3n) is 3.75. The zero-order valence-corrected chi connectivity index (χ0v) is 14.3. The second-order valence-corrected chi connectivity index (χ2v) is 6.48. The first-order valence-corrected chi connectivity index (χ1v) is 8.28. The fourth-order valence-electron chi connectivity index (χ4n) is 2.58. The highest BCUT2D eigenvalue weighted by Crippen LogP contribution is 2.16. The van der Waals surface area contributed by atoms with Crippen LogP contribution in [0.1, 0.15) is 30.6 Å². The topological polar surface area (TPSA) is 58.6 Å². The molecule has 1 aromatic carbocycles. The molecule has 1 N–H and O–H groups in total. The molecule has 0 spiro atoms. The number of rotatable bonds is 5. The van der Waals surface area contributed by atoms with Crippen molar-refractivity contribution in [2.45, 2.75) is 26.3 Å². The first-order chi connectivity index (χ1) is 11.0. The Bertz CT molecular complexity index is 557. The monoisotopic (exact) mass is 338 g/mol. The Kier molecular flexibility index (Phi) is 6.42. The summed E-state index contributed by atoms with van der Waals surface area (Å²) in [6, 6.07) is 6.30. The SMILES string of the molecule is CC(C)C[C@H](NC(=O)c1ccccc1Cl)C(=O)N1CCOCC1. The fourth-order valence-corrected chi connectivity index (χ4v) is 2.80. The van der Waals surface area contributed by atoms with Crippen molar-refractivity contribution in [1.29, 1.82) is 0 Å². The van der Waals surface area contributed by atoms with E-state index in [1.54, 1.807) is 29.2 Å². The Balaban J connectivity index is 2.10. The highest BCUT2D eigenvalue weighted by molar-refractivity contribution is 6.33. The van der Waals surface area contributed by atoms with Crippen LogP contribution in [-0.2, 0) is 9.53 Å². The van der Waals surface area contributed by atoms with Crippen LogP contribution in [0.25, 0.3) is 0 Å². The van der Waals surface area contributed by atoms with Crippen molar-refractivity contribution in [3.63, 3.8) is 0 Å². The molecule has 0 saturated carbocycles. The number of hydrogen-bond donors (Lipinski definition) is 1. The molecule has 1 aromatic rings. The Morgan fingerprint density at radius 3 is 2.52 bits per heavy atom. The summed E-state index contributed by atoms with van der Waals surface area (Å²) in [4.78, 5) is 26.9. The number of benzene rings is 1. The van der Waals surface area contributed by atoms with Gasteiger partial charge in [0.05, 0.1) is 23.8 Å². The molecule has 126 valence electrons. The van der Waals surface area contributed by atoms with Crippen LogP contribution in [0.2, 0.25) is 5.02 Å². The highest BCUT2D eigenvalue weighted by atomic mass is 35.5. The maximum atomic E-state index is 12.7. The van der Waals surface area contributed by atoms with E-state index in [9.17, 15) is 9.59 Å². The van der Waals surface area contributed by atoms with Crippen molar-refractivity contribution in [2.24, 2.45) is 5.92 Å². The Hall–Kier alpha value is -1.59. The van der Waals surface area contributed by atoms with Gasteiger partial charge in [-0.1, -0.05) is 37.6 Å². The first kappa shape index (κ1) is 17.8. The summed E-state index contributed by atoms with van der Waals surface area (Å²) >= 11 is 6.06. The minimum atomic E-state index is -0.545. The molecule has 2 amide bonds. The maximum Gasteiger partial charge on any atom is 0.253 e. The van der Waals surface area contributed by atoms with Crippen molar-refractivity contribution >= 4 is 23.4 Å². The maximum absolute atomic E-state index is 12.7. The van der Waals surface area contributed by atoms with E-state index in [1.807, 2.05) is 13.8 Å². The lowest BCUT2D eigenvalue weighted by Gasteiger charge is -2.31. The summed E-state index contributed by atoms with van der Waals surface area (Å²) in [5.41, 5.74) is 0.387. The molecule has 6 heteroatoms. The summed E-state index contributed by atoms with van der Waals surface area (Å²) in [6.07, 6.45) is 0.590. The van der Waals surface area contributed by atoms with Crippen molar-refractivity contribution < 1.29 is 14.3 Å². The lowest BCUT2D eigenvalue weighted by atomic mass is 10.0. The quantitative estimate of drug-likeness (QED) is 0.896. The number of amides is 2. The van der Waals surface area contributed by atoms with E-state index in [4.69, 9.17) is 16.3 Å². The molecule has 0 aliphatic carbocycles. The Morgan fingerprint density at radius 2 is 1.91 bits per heavy atom. The number of morpholine rings is 1. The minimum absolute atomic E-state index is 0.0533. The van der Waals surface area contributed by atoms with Gasteiger partial charge in [0.2, 0.25) is 5.91 Å². The van der Waals surface area contributed by atoms with Crippen molar-refractivity contribution in [2.75, 3.05) is 26.3 Å². The molecule has 2 rings (SSSR count). The van der Waals surface area contributed by atoms with Crippen LogP contribution in [-0.4, -0.2) is 49.1 Å². The van der Waals surface area contributed by atoms with Crippen LogP contribution < -0.4 is 5.32 Å². The minimum Gasteiger partial charge on any atom is -0.378 e. The summed E-state index contributed by atoms with van der Waals surface area (Å²) in [5, 5.41) is 3.23. The van der Waals surface area contributed by atoms with E-state index < -0.39 is 6.04 Å². The van der Waals surface area contributed by atoms with Crippen LogP contribution in [0.15, 0.2) is 24.3 Å². The molecule has 1 atom stereocenters. The Morgan fingerprint density at radius 1 is 1.26 bits per heavy atom. The normalized spacial score (nSPS) is 16.3. The van der Waals surface area contributed by atoms with Gasteiger partial charge in [-0.15, -0.1) is 0 Å². The van der Waals surface area contributed by atoms with Gasteiger partial charge in [-0.25, -0.2) is 0 Å². The fraction of sp³-hybridized carbons (Fsp3) is 0.529. The molecule has 0 bridgehead atoms. The number of carbonyl (C=O) groups excluding carboxylic acids is 2. The van der Waals surface area contributed by atoms with E-state index in [2.05, 4.69) is 5.32 Å². The molecule has 0 radical (unpaired) electrons. The van der Waals surface area contributed by atoms with Gasteiger partial charge in [0.25, 0.3) is 5.91 Å². The van der Waals surface area contributed by atoms with Gasteiger partial charge < -0.3 is 15.0 Å². The first-order valence-electron chi connectivity index (χ1n) is 7.91. The molecule has 1 heterocycles. The number of halogens is 1. The predicted octanol–water partition coefficient (Wildman–Crippen LogP) is 2.34. The molecule has 1 saturated heterocycles. The van der Waals surface area contributed by atoms with Gasteiger partial charge in [-0.2, -0.15) is 0 Å². The molecule has 23 heavy (non-hydrogen) atoms. The number of nitrogens with one attached hydrogen (secondary N) is 1. The van der Waals surface area contributed by atoms with E-state index in [1.165, 1.54) is 0 Å². The summed E-state index contributed by atoms with van der Waals surface area (Å²) in [6.45, 7) is 6.27. The number of carbonyl (C=O) groups is 2. The van der Waals surface area contributed by atoms with E-state index in [0.29, 0.717) is 43.3 Å². The lowest BCUT2D eigenvalue weighted by molar-refractivity contribution is -0.137. The standard InChI is InChI=1S/C17H23ClN2O3/c1-12(2)11-15(17(22)20-7-9-23-10-8-20)19-16(21)13-5-3-4-6-14(13)18/h3-6,12,15H,7-11H2,1-2H3,(H,19,21)/t15-/m0/s1. The van der Waals surface area contributed by atoms with Crippen LogP contribution >= 0.6 is 11.6 Å². The zero-order valence-electron chi connectivity index (χ0n) is 13.5. The second-order valence-electron chi connectivity index (χ2n) is 6.07. The van der Waals surface area contributed by atoms with Crippen LogP contribution in [0, 0.1) is 5.92 Å². The van der Waals surface area contributed by atoms with Gasteiger partial charge in [0.1, 0.15) is 6.04 Å². The van der Waals surface area contributed by atoms with Gasteiger partial charge in [0.15, 0.2) is 0 Å². The summed E-state index contributed by atoms with van der Waals surface area (Å²) in [5.74, 6) is -0.0817. The van der Waals surface area contributed by atoms with Crippen LogP contribution in [0.4, 0.5) is 0 Å². The van der Waals surface area contributed by atoms with Crippen molar-refractivity contribution in [3.05, 3.63) is 34.9 Å². The summed E-state index contributed by atoms with van der Waals surface area (Å²) < 4.78 is 5.28. The zero-order chi connectivity index (χ0) is 16.8. The van der Waals surface area contributed by atoms with E-state index in [-0.39, 0.29) is 17.7 Å². The number of ether oxygens (including phenoxy) is 1. The van der Waals surface area contributed by atoms with E-state index >= 15 is 0 Å². The van der Waals surface area contributed by atoms with Crippen LogP contribution in [0.5, 0.6) is 0 Å². The van der Waals surface area contributed by atoms with Crippen LogP contribution in [0.3, 0.4) is 0 Å². The third kappa shape index (κ3) is 4.94. The number of hydrogen-bond acceptors (Lipinski definition) is 3. The van der Waals surface area contributed by atoms with Crippen molar-refractivity contribution in [1.82, 2.24) is 10.2 Å². The molecular weight excluding hydrogens is 316 g/mol. The van der Waals surface area contributed by atoms with Gasteiger partial charge in [0, 0.05) is 13.1 Å². The van der Waals surface area contributed by atoms with Gasteiger partial charge >= 0.3 is 0 Å². The second kappa shape index (κ2) is 8.31.